The SMILES string of the molecule is CCCC1CCCCN1C(=O)c1cc([N+](=O)[O-])cnc1N. The molecule has 0 radical (unpaired) electrons. The van der Waals surface area contributed by atoms with Gasteiger partial charge in [-0.2, -0.15) is 0 Å². The first-order valence-electron chi connectivity index (χ1n) is 7.25. The molecular weight excluding hydrogens is 272 g/mol. The minimum atomic E-state index is -0.567. The fourth-order valence-electron chi connectivity index (χ4n) is 2.79. The summed E-state index contributed by atoms with van der Waals surface area (Å²) in [4.78, 5) is 28.5. The van der Waals surface area contributed by atoms with E-state index in [1.54, 1.807) is 4.90 Å². The first-order chi connectivity index (χ1) is 10.0. The van der Waals surface area contributed by atoms with Gasteiger partial charge in [-0.05, 0) is 25.7 Å². The van der Waals surface area contributed by atoms with Crippen molar-refractivity contribution in [2.24, 2.45) is 0 Å². The number of hydrogen-bond donors (Lipinski definition) is 1. The second-order valence-corrected chi connectivity index (χ2v) is 5.32. The zero-order valence-electron chi connectivity index (χ0n) is 12.1. The molecule has 1 saturated heterocycles. The van der Waals surface area contributed by atoms with Crippen LogP contribution in [0, 0.1) is 10.1 Å². The number of nitrogens with zero attached hydrogens (tertiary/aromatic N) is 3. The van der Waals surface area contributed by atoms with Crippen molar-refractivity contribution in [3.63, 3.8) is 0 Å². The highest BCUT2D eigenvalue weighted by atomic mass is 16.6. The summed E-state index contributed by atoms with van der Waals surface area (Å²) in [5.74, 6) is -0.201. The quantitative estimate of drug-likeness (QED) is 0.678. The van der Waals surface area contributed by atoms with Crippen molar-refractivity contribution < 1.29 is 9.72 Å². The number of nitro groups is 1. The lowest BCUT2D eigenvalue weighted by Gasteiger charge is -2.36. The van der Waals surface area contributed by atoms with Gasteiger partial charge in [0.25, 0.3) is 11.6 Å². The van der Waals surface area contributed by atoms with Gasteiger partial charge < -0.3 is 10.6 Å². The fraction of sp³-hybridized carbons (Fsp3) is 0.571. The third-order valence-electron chi connectivity index (χ3n) is 3.86. The zero-order chi connectivity index (χ0) is 15.4. The van der Waals surface area contributed by atoms with Crippen LogP contribution in [0.2, 0.25) is 0 Å². The molecule has 1 aliphatic heterocycles. The largest absolute Gasteiger partial charge is 0.383 e. The third kappa shape index (κ3) is 3.29. The van der Waals surface area contributed by atoms with Crippen molar-refractivity contribution in [1.82, 2.24) is 9.88 Å². The van der Waals surface area contributed by atoms with Gasteiger partial charge in [-0.15, -0.1) is 0 Å². The summed E-state index contributed by atoms with van der Waals surface area (Å²) < 4.78 is 0. The molecule has 7 heteroatoms. The standard InChI is InChI=1S/C14H20N4O3/c1-2-5-10-6-3-4-7-17(10)14(19)12-8-11(18(20)21)9-16-13(12)15/h8-10H,2-7H2,1H3,(H2,15,16). The van der Waals surface area contributed by atoms with E-state index in [2.05, 4.69) is 11.9 Å². The number of likely N-dealkylation sites (tertiary alicyclic amines) is 1. The van der Waals surface area contributed by atoms with Gasteiger partial charge >= 0.3 is 0 Å². The predicted molar refractivity (Wildman–Crippen MR) is 78.9 cm³/mol. The third-order valence-corrected chi connectivity index (χ3v) is 3.86. The zero-order valence-corrected chi connectivity index (χ0v) is 12.1. The Morgan fingerprint density at radius 1 is 1.57 bits per heavy atom. The number of rotatable bonds is 4. The van der Waals surface area contributed by atoms with Crippen LogP contribution in [0.5, 0.6) is 0 Å². The molecule has 0 bridgehead atoms. The van der Waals surface area contributed by atoms with Gasteiger partial charge in [0, 0.05) is 18.7 Å². The van der Waals surface area contributed by atoms with Crippen molar-refractivity contribution in [3.8, 4) is 0 Å². The van der Waals surface area contributed by atoms with E-state index in [-0.39, 0.29) is 29.0 Å². The fourth-order valence-corrected chi connectivity index (χ4v) is 2.79. The number of nitrogen functional groups attached to an aromatic ring is 1. The lowest BCUT2D eigenvalue weighted by molar-refractivity contribution is -0.385. The Hall–Kier alpha value is -2.18. The average molecular weight is 292 g/mol. The number of piperidine rings is 1. The molecule has 0 spiro atoms. The summed E-state index contributed by atoms with van der Waals surface area (Å²) in [6, 6.07) is 1.41. The Morgan fingerprint density at radius 3 is 3.00 bits per heavy atom. The monoisotopic (exact) mass is 292 g/mol. The smallest absolute Gasteiger partial charge is 0.288 e. The second kappa shape index (κ2) is 6.51. The molecular formula is C14H20N4O3. The summed E-state index contributed by atoms with van der Waals surface area (Å²) in [6.45, 7) is 2.76. The van der Waals surface area contributed by atoms with Crippen LogP contribution in [0.1, 0.15) is 49.4 Å². The molecule has 1 aromatic rings. The minimum Gasteiger partial charge on any atom is -0.383 e. The van der Waals surface area contributed by atoms with Gasteiger partial charge in [-0.3, -0.25) is 14.9 Å². The second-order valence-electron chi connectivity index (χ2n) is 5.32. The lowest BCUT2D eigenvalue weighted by atomic mass is 9.97. The van der Waals surface area contributed by atoms with Gasteiger partial charge in [-0.25, -0.2) is 4.98 Å². The molecule has 2 rings (SSSR count). The molecule has 0 aromatic carbocycles. The molecule has 2 heterocycles. The molecule has 0 aliphatic carbocycles. The van der Waals surface area contributed by atoms with Gasteiger partial charge in [0.05, 0.1) is 10.5 Å². The minimum absolute atomic E-state index is 0.0476. The van der Waals surface area contributed by atoms with Gasteiger partial charge in [-0.1, -0.05) is 13.3 Å². The first kappa shape index (κ1) is 15.2. The highest BCUT2D eigenvalue weighted by Crippen LogP contribution is 2.25. The Bertz CT molecular complexity index is 545. The van der Waals surface area contributed by atoms with Crippen molar-refractivity contribution in [2.45, 2.75) is 45.1 Å². The van der Waals surface area contributed by atoms with Crippen molar-refractivity contribution in [1.29, 1.82) is 0 Å². The number of amides is 1. The molecule has 0 saturated carbocycles. The number of carbonyl (C=O) groups is 1. The number of anilines is 1. The normalized spacial score (nSPS) is 18.5. The van der Waals surface area contributed by atoms with Crippen molar-refractivity contribution in [2.75, 3.05) is 12.3 Å². The molecule has 1 unspecified atom stereocenters. The van der Waals surface area contributed by atoms with Crippen LogP contribution >= 0.6 is 0 Å². The van der Waals surface area contributed by atoms with Gasteiger partial charge in [0.2, 0.25) is 0 Å². The maximum atomic E-state index is 12.7. The maximum Gasteiger partial charge on any atom is 0.288 e. The summed E-state index contributed by atoms with van der Waals surface area (Å²) >= 11 is 0. The Kier molecular flexibility index (Phi) is 4.72. The summed E-state index contributed by atoms with van der Waals surface area (Å²) in [5.41, 5.74) is 5.66. The molecule has 114 valence electrons. The van der Waals surface area contributed by atoms with Crippen LogP contribution in [0.15, 0.2) is 12.3 Å². The van der Waals surface area contributed by atoms with Crippen LogP contribution in [-0.2, 0) is 0 Å². The Balaban J connectivity index is 2.29. The van der Waals surface area contributed by atoms with Crippen LogP contribution in [0.3, 0.4) is 0 Å². The number of nitrogens with two attached hydrogens (primary N) is 1. The van der Waals surface area contributed by atoms with E-state index >= 15 is 0 Å². The van der Waals surface area contributed by atoms with Gasteiger partial charge in [0.1, 0.15) is 12.0 Å². The molecule has 21 heavy (non-hydrogen) atoms. The molecule has 1 amide bonds. The number of carbonyl (C=O) groups excluding carboxylic acids is 1. The van der Waals surface area contributed by atoms with Crippen LogP contribution < -0.4 is 5.73 Å². The van der Waals surface area contributed by atoms with Crippen molar-refractivity contribution in [3.05, 3.63) is 27.9 Å². The van der Waals surface area contributed by atoms with E-state index in [0.29, 0.717) is 6.54 Å². The van der Waals surface area contributed by atoms with Crippen LogP contribution in [-0.4, -0.2) is 33.3 Å². The topological polar surface area (TPSA) is 102 Å². The Morgan fingerprint density at radius 2 is 2.33 bits per heavy atom. The average Bonchev–Trinajstić information content (AvgIpc) is 2.47. The predicted octanol–water partition coefficient (Wildman–Crippen LogP) is 2.37. The molecule has 1 atom stereocenters. The van der Waals surface area contributed by atoms with E-state index in [4.69, 9.17) is 5.73 Å². The van der Waals surface area contributed by atoms with E-state index < -0.39 is 4.92 Å². The van der Waals surface area contributed by atoms with Crippen LogP contribution in [0.4, 0.5) is 11.5 Å². The first-order valence-corrected chi connectivity index (χ1v) is 7.25. The molecule has 1 aliphatic rings. The van der Waals surface area contributed by atoms with E-state index in [0.717, 1.165) is 38.3 Å². The summed E-state index contributed by atoms with van der Waals surface area (Å²) in [6.07, 6.45) is 6.05. The molecule has 2 N–H and O–H groups in total. The highest BCUT2D eigenvalue weighted by Gasteiger charge is 2.29. The number of hydrogen-bond acceptors (Lipinski definition) is 5. The van der Waals surface area contributed by atoms with E-state index in [1.165, 1.54) is 6.07 Å². The van der Waals surface area contributed by atoms with E-state index in [1.807, 2.05) is 0 Å². The number of aromatic nitrogens is 1. The molecule has 7 nitrogen and oxygen atoms in total. The van der Waals surface area contributed by atoms with E-state index in [9.17, 15) is 14.9 Å². The summed E-state index contributed by atoms with van der Waals surface area (Å²) in [5, 5.41) is 10.8. The summed E-state index contributed by atoms with van der Waals surface area (Å²) in [7, 11) is 0. The lowest BCUT2D eigenvalue weighted by Crippen LogP contribution is -2.44. The maximum absolute atomic E-state index is 12.7. The molecule has 1 fully saturated rings. The molecule has 1 aromatic heterocycles. The van der Waals surface area contributed by atoms with Crippen molar-refractivity contribution >= 4 is 17.4 Å². The van der Waals surface area contributed by atoms with Gasteiger partial charge in [0.15, 0.2) is 0 Å². The van der Waals surface area contributed by atoms with Crippen LogP contribution in [0.25, 0.3) is 0 Å². The number of pyridine rings is 1. The Labute approximate surface area is 123 Å². The highest BCUT2D eigenvalue weighted by molar-refractivity contribution is 5.99.